The quantitative estimate of drug-likeness (QED) is 0.147. The summed E-state index contributed by atoms with van der Waals surface area (Å²) in [5.41, 5.74) is 24.3. The molecule has 0 bridgehead atoms. The van der Waals surface area contributed by atoms with Gasteiger partial charge in [0.1, 0.15) is 30.2 Å². The summed E-state index contributed by atoms with van der Waals surface area (Å²) in [6, 6.07) is -3.44. The number of nitrogens with one attached hydrogen (secondary N) is 1. The Morgan fingerprint density at radius 3 is 1.22 bits per heavy atom. The Hall–Kier alpha value is -3.38. The number of carbonyl (C=O) groups is 6. The molecule has 1 heterocycles. The van der Waals surface area contributed by atoms with Crippen LogP contribution in [-0.2, 0) is 28.8 Å². The second-order valence-electron chi connectivity index (χ2n) is 7.32. The Morgan fingerprint density at radius 1 is 0.750 bits per heavy atom. The highest BCUT2D eigenvalue weighted by molar-refractivity contribution is 5.77. The summed E-state index contributed by atoms with van der Waals surface area (Å²) in [5.74, 6) is -5.25. The summed E-state index contributed by atoms with van der Waals surface area (Å²) in [6.07, 6.45) is 1.91. The molecule has 5 atom stereocenters. The van der Waals surface area contributed by atoms with Gasteiger partial charge in [-0.2, -0.15) is 0 Å². The van der Waals surface area contributed by atoms with Gasteiger partial charge in [0.15, 0.2) is 0 Å². The van der Waals surface area contributed by atoms with Crippen LogP contribution in [0.4, 0.5) is 0 Å². The number of primary amides is 1. The van der Waals surface area contributed by atoms with Gasteiger partial charge in [0, 0.05) is 6.42 Å². The van der Waals surface area contributed by atoms with E-state index in [1.54, 1.807) is 0 Å². The molecule has 1 fully saturated rings. The van der Waals surface area contributed by atoms with E-state index in [9.17, 15) is 28.8 Å². The summed E-state index contributed by atoms with van der Waals surface area (Å²) < 4.78 is 0. The molecule has 16 N–H and O–H groups in total. The molecule has 1 rings (SSSR count). The van der Waals surface area contributed by atoms with Crippen LogP contribution in [0.2, 0.25) is 0 Å². The molecule has 0 saturated carbocycles. The minimum Gasteiger partial charge on any atom is -0.480 e. The lowest BCUT2D eigenvalue weighted by atomic mass is 10.2. The maximum absolute atomic E-state index is 10.1. The Morgan fingerprint density at radius 2 is 1.08 bits per heavy atom. The van der Waals surface area contributed by atoms with E-state index in [1.807, 2.05) is 0 Å². The molecule has 212 valence electrons. The van der Waals surface area contributed by atoms with Crippen molar-refractivity contribution in [2.75, 3.05) is 6.54 Å². The molecule has 17 heteroatoms. The largest absolute Gasteiger partial charge is 0.480 e. The van der Waals surface area contributed by atoms with E-state index in [-0.39, 0.29) is 18.9 Å². The first-order valence-electron chi connectivity index (χ1n) is 10.5. The predicted molar refractivity (Wildman–Crippen MR) is 127 cm³/mol. The summed E-state index contributed by atoms with van der Waals surface area (Å²) >= 11 is 0. The van der Waals surface area contributed by atoms with E-state index < -0.39 is 59.9 Å². The first-order valence-corrected chi connectivity index (χ1v) is 10.5. The summed E-state index contributed by atoms with van der Waals surface area (Å²) in [6.45, 7) is 5.12. The van der Waals surface area contributed by atoms with Crippen LogP contribution in [0.5, 0.6) is 0 Å². The van der Waals surface area contributed by atoms with Crippen LogP contribution >= 0.6 is 0 Å². The Bertz CT molecular complexity index is 638. The predicted octanol–water partition coefficient (Wildman–Crippen LogP) is -3.26. The first kappa shape index (κ1) is 39.8. The summed E-state index contributed by atoms with van der Waals surface area (Å²) in [7, 11) is 0. The summed E-state index contributed by atoms with van der Waals surface area (Å²) in [4.78, 5) is 59.0. The minimum atomic E-state index is -1.11. The zero-order chi connectivity index (χ0) is 29.6. The third-order valence-electron chi connectivity index (χ3n) is 3.55. The van der Waals surface area contributed by atoms with Crippen molar-refractivity contribution in [3.05, 3.63) is 0 Å². The van der Waals surface area contributed by atoms with Gasteiger partial charge in [-0.15, -0.1) is 0 Å². The Kier molecular flexibility index (Phi) is 25.8. The van der Waals surface area contributed by atoms with Crippen molar-refractivity contribution in [2.24, 2.45) is 28.7 Å². The van der Waals surface area contributed by atoms with Gasteiger partial charge in [-0.25, -0.2) is 0 Å². The van der Waals surface area contributed by atoms with Gasteiger partial charge in [0.25, 0.3) is 0 Å². The van der Waals surface area contributed by atoms with Crippen LogP contribution in [0.1, 0.15) is 46.5 Å². The molecule has 0 aromatic heterocycles. The van der Waals surface area contributed by atoms with E-state index in [4.69, 9.17) is 54.2 Å². The van der Waals surface area contributed by atoms with E-state index in [1.165, 1.54) is 20.8 Å². The van der Waals surface area contributed by atoms with Crippen LogP contribution in [0.15, 0.2) is 0 Å². The minimum absolute atomic E-state index is 0.0213. The number of carboxylic acids is 5. The van der Waals surface area contributed by atoms with Gasteiger partial charge in [-0.3, -0.25) is 28.8 Å². The smallest absolute Gasteiger partial charge is 0.320 e. The highest BCUT2D eigenvalue weighted by atomic mass is 16.4. The van der Waals surface area contributed by atoms with Crippen LogP contribution in [0, 0.1) is 0 Å². The number of carbonyl (C=O) groups excluding carboxylic acids is 1. The zero-order valence-electron chi connectivity index (χ0n) is 20.5. The molecule has 0 aromatic rings. The van der Waals surface area contributed by atoms with E-state index in [2.05, 4.69) is 5.32 Å². The van der Waals surface area contributed by atoms with Gasteiger partial charge < -0.3 is 59.5 Å². The molecule has 1 saturated heterocycles. The number of amides is 1. The molecular weight excluding hydrogens is 488 g/mol. The molecule has 1 aliphatic heterocycles. The number of rotatable bonds is 8. The van der Waals surface area contributed by atoms with E-state index >= 15 is 0 Å². The lowest BCUT2D eigenvalue weighted by Crippen LogP contribution is -2.31. The number of carboxylic acid groups (broad SMARTS) is 5. The van der Waals surface area contributed by atoms with Gasteiger partial charge in [0.05, 0.1) is 0 Å². The topological polar surface area (TPSA) is 346 Å². The van der Waals surface area contributed by atoms with Crippen molar-refractivity contribution in [1.82, 2.24) is 5.32 Å². The number of hydrogen-bond acceptors (Lipinski definition) is 11. The highest BCUT2D eigenvalue weighted by Crippen LogP contribution is 2.03. The lowest BCUT2D eigenvalue weighted by molar-refractivity contribution is -0.139. The van der Waals surface area contributed by atoms with Crippen molar-refractivity contribution in [1.29, 1.82) is 0 Å². The molecule has 0 spiro atoms. The molecule has 0 unspecified atom stereocenters. The Labute approximate surface area is 208 Å². The van der Waals surface area contributed by atoms with Crippen molar-refractivity contribution in [3.8, 4) is 0 Å². The fourth-order valence-electron chi connectivity index (χ4n) is 1.32. The first-order chi connectivity index (χ1) is 16.3. The molecular formula is C19H40N6O11. The van der Waals surface area contributed by atoms with Gasteiger partial charge in [-0.05, 0) is 46.6 Å². The molecule has 36 heavy (non-hydrogen) atoms. The number of aliphatic carboxylic acids is 5. The van der Waals surface area contributed by atoms with Crippen molar-refractivity contribution >= 4 is 35.8 Å². The van der Waals surface area contributed by atoms with Crippen LogP contribution in [-0.4, -0.2) is 98.0 Å². The monoisotopic (exact) mass is 528 g/mol. The van der Waals surface area contributed by atoms with Gasteiger partial charge in [0.2, 0.25) is 5.91 Å². The van der Waals surface area contributed by atoms with Crippen LogP contribution < -0.4 is 34.0 Å². The van der Waals surface area contributed by atoms with Crippen molar-refractivity contribution < 1.29 is 54.3 Å². The average Bonchev–Trinajstić information content (AvgIpc) is 3.28. The number of hydrogen-bond donors (Lipinski definition) is 11. The maximum Gasteiger partial charge on any atom is 0.320 e. The van der Waals surface area contributed by atoms with Crippen molar-refractivity contribution in [2.45, 2.75) is 76.7 Å². The van der Waals surface area contributed by atoms with E-state index in [0.717, 1.165) is 19.4 Å². The molecule has 0 aromatic carbocycles. The van der Waals surface area contributed by atoms with E-state index in [0.29, 0.717) is 0 Å². The number of nitrogens with two attached hydrogens (primary N) is 5. The molecule has 17 nitrogen and oxygen atoms in total. The van der Waals surface area contributed by atoms with Crippen LogP contribution in [0.3, 0.4) is 0 Å². The fraction of sp³-hybridized carbons (Fsp3) is 0.684. The van der Waals surface area contributed by atoms with Crippen molar-refractivity contribution in [3.63, 3.8) is 0 Å². The second kappa shape index (κ2) is 23.4. The third-order valence-corrected chi connectivity index (χ3v) is 3.55. The van der Waals surface area contributed by atoms with Gasteiger partial charge >= 0.3 is 29.8 Å². The fourth-order valence-corrected chi connectivity index (χ4v) is 1.32. The lowest BCUT2D eigenvalue weighted by Gasteiger charge is -2.01. The Balaban J connectivity index is -0.000000181. The third kappa shape index (κ3) is 32.8. The summed E-state index contributed by atoms with van der Waals surface area (Å²) in [5, 5.41) is 43.0. The van der Waals surface area contributed by atoms with Gasteiger partial charge in [-0.1, -0.05) is 0 Å². The zero-order valence-corrected chi connectivity index (χ0v) is 20.5. The standard InChI is InChI=1S/C5H10N2O3.C5H9NO2.3C3H7NO2/c6-3(5(9)10)1-2-4(7)8;7-5(8)4-2-1-3-6-4;3*1-2(4)3(5)6/h3H,1-2,6H2,(H2,7,8)(H,9,10);4,6H,1-3H2,(H,7,8);3*2H,4H2,1H3,(H,5,6)/t3-;4-;3*2-/m00000/s1. The SMILES string of the molecule is C[C@H](N)C(=O)O.C[C@H](N)C(=O)O.C[C@H](N)C(=O)O.NC(=O)CC[C@H](N)C(=O)O.O=C(O)[C@@H]1CCCN1. The molecule has 0 aliphatic carbocycles. The highest BCUT2D eigenvalue weighted by Gasteiger charge is 2.20. The maximum atomic E-state index is 10.1. The van der Waals surface area contributed by atoms with Crippen LogP contribution in [0.25, 0.3) is 0 Å². The molecule has 0 radical (unpaired) electrons. The molecule has 1 amide bonds. The second-order valence-corrected chi connectivity index (χ2v) is 7.32. The molecule has 1 aliphatic rings. The average molecular weight is 529 g/mol. The normalized spacial score (nSPS) is 16.6.